The Kier molecular flexibility index (Phi) is 42.4. The van der Waals surface area contributed by atoms with E-state index in [1.807, 2.05) is 21.1 Å². The average Bonchev–Trinajstić information content (AvgIpc) is 3.19. The first-order chi connectivity index (χ1) is 28.5. The zero-order chi connectivity index (χ0) is 43.6. The molecule has 0 fully saturated rings. The number of hydrogen-bond acceptors (Lipinski definition) is 6. The minimum atomic E-state index is -4.56. The number of aliphatic hydroxyl groups excluding tert-OH is 1. The molecule has 0 heterocycles. The first kappa shape index (κ1) is 58.5. The van der Waals surface area contributed by atoms with Crippen molar-refractivity contribution in [2.75, 3.05) is 40.9 Å². The summed E-state index contributed by atoms with van der Waals surface area (Å²) in [4.78, 5) is 25.4. The number of nitrogens with one attached hydrogen (secondary N) is 1. The lowest BCUT2D eigenvalue weighted by Gasteiger charge is -2.30. The molecule has 3 atom stereocenters. The number of carbonyl (C=O) groups is 1. The molecular formula is C50H103N2O6P. The number of hydrogen-bond donors (Lipinski definition) is 2. The van der Waals surface area contributed by atoms with Gasteiger partial charge in [-0.1, -0.05) is 245 Å². The number of quaternary nitrogens is 1. The van der Waals surface area contributed by atoms with Gasteiger partial charge in [0, 0.05) is 6.42 Å². The Morgan fingerprint density at radius 1 is 0.525 bits per heavy atom. The van der Waals surface area contributed by atoms with Crippen molar-refractivity contribution in [3.05, 3.63) is 0 Å². The Morgan fingerprint density at radius 2 is 0.831 bits per heavy atom. The molecule has 9 heteroatoms. The number of nitrogens with zero attached hydrogens (tertiary/aromatic N) is 1. The second-order valence-corrected chi connectivity index (χ2v) is 20.7. The Hall–Kier alpha value is -0.500. The summed E-state index contributed by atoms with van der Waals surface area (Å²) < 4.78 is 23.4. The van der Waals surface area contributed by atoms with Crippen molar-refractivity contribution in [1.29, 1.82) is 0 Å². The van der Waals surface area contributed by atoms with Gasteiger partial charge in [0.1, 0.15) is 13.2 Å². The maximum atomic E-state index is 12.9. The molecule has 0 aromatic rings. The minimum absolute atomic E-state index is 0.0164. The molecule has 0 saturated heterocycles. The Labute approximate surface area is 368 Å². The molecule has 2 N–H and O–H groups in total. The van der Waals surface area contributed by atoms with Crippen molar-refractivity contribution in [3.63, 3.8) is 0 Å². The number of amides is 1. The van der Waals surface area contributed by atoms with Crippen molar-refractivity contribution in [2.45, 2.75) is 276 Å². The predicted molar refractivity (Wildman–Crippen MR) is 252 cm³/mol. The van der Waals surface area contributed by atoms with Crippen LogP contribution in [0, 0.1) is 0 Å². The summed E-state index contributed by atoms with van der Waals surface area (Å²) in [6, 6.07) is -0.794. The number of aliphatic hydroxyl groups is 1. The van der Waals surface area contributed by atoms with Crippen LogP contribution in [0.15, 0.2) is 0 Å². The van der Waals surface area contributed by atoms with Crippen LogP contribution in [0.4, 0.5) is 0 Å². The van der Waals surface area contributed by atoms with Crippen LogP contribution in [0.2, 0.25) is 0 Å². The molecule has 0 aromatic carbocycles. The first-order valence-corrected chi connectivity index (χ1v) is 27.3. The molecule has 0 aliphatic carbocycles. The molecule has 0 spiro atoms. The zero-order valence-corrected chi connectivity index (χ0v) is 41.1. The van der Waals surface area contributed by atoms with Crippen LogP contribution in [0.5, 0.6) is 0 Å². The summed E-state index contributed by atoms with van der Waals surface area (Å²) in [5.74, 6) is -0.159. The van der Waals surface area contributed by atoms with E-state index in [0.29, 0.717) is 23.9 Å². The number of unbranched alkanes of at least 4 members (excludes halogenated alkanes) is 35. The van der Waals surface area contributed by atoms with Gasteiger partial charge in [-0.15, -0.1) is 0 Å². The van der Waals surface area contributed by atoms with Crippen LogP contribution in [-0.4, -0.2) is 68.5 Å². The van der Waals surface area contributed by atoms with E-state index in [0.717, 1.165) is 38.5 Å². The number of carbonyl (C=O) groups excluding carboxylic acids is 1. The average molecular weight is 859 g/mol. The summed E-state index contributed by atoms with van der Waals surface area (Å²) in [6.45, 7) is 4.76. The van der Waals surface area contributed by atoms with Crippen molar-refractivity contribution in [2.24, 2.45) is 0 Å². The SMILES string of the molecule is CCCCCCCCCCCCCCCCCCCCCCCC(O)C(COP(=O)([O-])OCC[N+](C)(C)C)NC(=O)CCCCCCCCCCCCCCCCCC. The third-order valence-corrected chi connectivity index (χ3v) is 13.1. The summed E-state index contributed by atoms with van der Waals surface area (Å²) in [6.07, 6.45) is 48.2. The maximum Gasteiger partial charge on any atom is 0.268 e. The number of likely N-dealkylation sites (N-methyl/N-ethyl adjacent to an activating group) is 1. The molecule has 1 amide bonds. The van der Waals surface area contributed by atoms with Gasteiger partial charge in [-0.25, -0.2) is 0 Å². The molecule has 59 heavy (non-hydrogen) atoms. The molecule has 354 valence electrons. The fraction of sp³-hybridized carbons (Fsp3) is 0.980. The van der Waals surface area contributed by atoms with E-state index >= 15 is 0 Å². The van der Waals surface area contributed by atoms with E-state index in [1.165, 1.54) is 199 Å². The topological polar surface area (TPSA) is 108 Å². The first-order valence-electron chi connectivity index (χ1n) is 25.9. The van der Waals surface area contributed by atoms with Crippen molar-refractivity contribution >= 4 is 13.7 Å². The lowest BCUT2D eigenvalue weighted by Crippen LogP contribution is -2.46. The molecule has 0 bridgehead atoms. The van der Waals surface area contributed by atoms with Gasteiger partial charge in [0.25, 0.3) is 7.82 Å². The standard InChI is InChI=1S/C50H103N2O6P/c1-6-8-10-12-14-16-18-20-22-24-25-26-27-28-29-31-33-35-37-39-41-43-49(53)48(47-58-59(55,56)57-46-45-52(3,4)5)51-50(54)44-42-40-38-36-34-32-30-23-21-19-17-15-13-11-9-7-2/h48-49,53H,6-47H2,1-5H3,(H-,51,54,55,56). The van der Waals surface area contributed by atoms with Crippen LogP contribution in [0.25, 0.3) is 0 Å². The molecule has 0 aromatic heterocycles. The lowest BCUT2D eigenvalue weighted by molar-refractivity contribution is -0.870. The highest BCUT2D eigenvalue weighted by atomic mass is 31.2. The van der Waals surface area contributed by atoms with Gasteiger partial charge in [-0.2, -0.15) is 0 Å². The second-order valence-electron chi connectivity index (χ2n) is 19.2. The third-order valence-electron chi connectivity index (χ3n) is 12.1. The molecule has 3 unspecified atom stereocenters. The van der Waals surface area contributed by atoms with E-state index in [-0.39, 0.29) is 19.1 Å². The van der Waals surface area contributed by atoms with Gasteiger partial charge >= 0.3 is 0 Å². The van der Waals surface area contributed by atoms with Gasteiger partial charge < -0.3 is 28.8 Å². The maximum absolute atomic E-state index is 12.9. The Bertz CT molecular complexity index is 932. The van der Waals surface area contributed by atoms with Crippen LogP contribution in [-0.2, 0) is 18.4 Å². The Balaban J connectivity index is 4.21. The van der Waals surface area contributed by atoms with Crippen LogP contribution in [0.3, 0.4) is 0 Å². The molecule has 0 rings (SSSR count). The molecule has 0 aliphatic rings. The summed E-state index contributed by atoms with van der Waals surface area (Å²) in [5.41, 5.74) is 0. The fourth-order valence-electron chi connectivity index (χ4n) is 7.98. The van der Waals surface area contributed by atoms with E-state index in [4.69, 9.17) is 9.05 Å². The van der Waals surface area contributed by atoms with Crippen molar-refractivity contribution < 1.29 is 32.9 Å². The van der Waals surface area contributed by atoms with Gasteiger partial charge in [0.15, 0.2) is 0 Å². The summed E-state index contributed by atoms with van der Waals surface area (Å²) in [7, 11) is 1.32. The van der Waals surface area contributed by atoms with Gasteiger partial charge in [-0.05, 0) is 12.8 Å². The minimum Gasteiger partial charge on any atom is -0.756 e. The summed E-state index contributed by atoms with van der Waals surface area (Å²) in [5, 5.41) is 14.0. The van der Waals surface area contributed by atoms with Crippen molar-refractivity contribution in [3.8, 4) is 0 Å². The van der Waals surface area contributed by atoms with Gasteiger partial charge in [0.05, 0.1) is 39.9 Å². The number of phosphoric acid groups is 1. The zero-order valence-electron chi connectivity index (χ0n) is 40.2. The lowest BCUT2D eigenvalue weighted by atomic mass is 10.0. The predicted octanol–water partition coefficient (Wildman–Crippen LogP) is 14.3. The quantitative estimate of drug-likeness (QED) is 0.0358. The number of rotatable bonds is 48. The molecule has 0 saturated carbocycles. The van der Waals surface area contributed by atoms with Crippen LogP contribution >= 0.6 is 7.82 Å². The highest BCUT2D eigenvalue weighted by Gasteiger charge is 2.24. The molecule has 0 aliphatic heterocycles. The van der Waals surface area contributed by atoms with Gasteiger partial charge in [-0.3, -0.25) is 9.36 Å². The highest BCUT2D eigenvalue weighted by Crippen LogP contribution is 2.38. The number of phosphoric ester groups is 1. The molecular weight excluding hydrogens is 756 g/mol. The highest BCUT2D eigenvalue weighted by molar-refractivity contribution is 7.45. The molecule has 0 radical (unpaired) electrons. The second kappa shape index (κ2) is 42.8. The van der Waals surface area contributed by atoms with E-state index in [9.17, 15) is 19.4 Å². The van der Waals surface area contributed by atoms with E-state index in [2.05, 4.69) is 19.2 Å². The van der Waals surface area contributed by atoms with Gasteiger partial charge in [0.2, 0.25) is 5.91 Å². The van der Waals surface area contributed by atoms with Crippen molar-refractivity contribution in [1.82, 2.24) is 5.32 Å². The normalized spacial score (nSPS) is 14.1. The monoisotopic (exact) mass is 859 g/mol. The van der Waals surface area contributed by atoms with E-state index < -0.39 is 20.0 Å². The third kappa shape index (κ3) is 45.3. The Morgan fingerprint density at radius 3 is 1.15 bits per heavy atom. The van der Waals surface area contributed by atoms with E-state index in [1.54, 1.807) is 0 Å². The summed E-state index contributed by atoms with van der Waals surface area (Å²) >= 11 is 0. The fourth-order valence-corrected chi connectivity index (χ4v) is 8.71. The molecule has 8 nitrogen and oxygen atoms in total. The van der Waals surface area contributed by atoms with Crippen LogP contribution < -0.4 is 10.2 Å². The largest absolute Gasteiger partial charge is 0.756 e. The smallest absolute Gasteiger partial charge is 0.268 e. The van der Waals surface area contributed by atoms with Crippen LogP contribution in [0.1, 0.15) is 264 Å².